The maximum atomic E-state index is 11.1. The summed E-state index contributed by atoms with van der Waals surface area (Å²) >= 11 is 4.87. The number of rotatable bonds is 5. The van der Waals surface area contributed by atoms with E-state index in [0.29, 0.717) is 11.1 Å². The number of ether oxygens (including phenoxy) is 1. The molecule has 0 atom stereocenters. The molecular formula is C14H13BrN2O3S. The van der Waals surface area contributed by atoms with E-state index >= 15 is 0 Å². The van der Waals surface area contributed by atoms with Crippen LogP contribution in [0.15, 0.2) is 32.8 Å². The third-order valence-electron chi connectivity index (χ3n) is 3.15. The monoisotopic (exact) mass is 368 g/mol. The summed E-state index contributed by atoms with van der Waals surface area (Å²) in [5.74, 6) is 0.562. The second-order valence-electron chi connectivity index (χ2n) is 4.54. The summed E-state index contributed by atoms with van der Waals surface area (Å²) in [6, 6.07) is 3.73. The van der Waals surface area contributed by atoms with E-state index in [-0.39, 0.29) is 5.97 Å². The Morgan fingerprint density at radius 1 is 1.52 bits per heavy atom. The van der Waals surface area contributed by atoms with Gasteiger partial charge < -0.3 is 9.15 Å². The zero-order valence-corrected chi connectivity index (χ0v) is 13.7. The Kier molecular flexibility index (Phi) is 4.12. The average molecular weight is 369 g/mol. The van der Waals surface area contributed by atoms with Crippen molar-refractivity contribution >= 4 is 38.2 Å². The maximum absolute atomic E-state index is 11.1. The van der Waals surface area contributed by atoms with Crippen molar-refractivity contribution in [2.75, 3.05) is 7.11 Å². The summed E-state index contributed by atoms with van der Waals surface area (Å²) in [4.78, 5) is 16.6. The molecule has 0 fully saturated rings. The van der Waals surface area contributed by atoms with Gasteiger partial charge in [-0.25, -0.2) is 4.98 Å². The SMILES string of the molecule is COC(=O)CCCc1csc2nc(-c3ccc(Br)o3)cn12. The maximum Gasteiger partial charge on any atom is 0.305 e. The molecule has 110 valence electrons. The van der Waals surface area contributed by atoms with Crippen LogP contribution in [0.4, 0.5) is 0 Å². The Morgan fingerprint density at radius 2 is 2.38 bits per heavy atom. The van der Waals surface area contributed by atoms with Crippen molar-refractivity contribution in [1.82, 2.24) is 9.38 Å². The fraction of sp³-hybridized carbons (Fsp3) is 0.286. The first-order valence-corrected chi connectivity index (χ1v) is 8.12. The molecule has 0 saturated carbocycles. The molecule has 3 rings (SSSR count). The molecule has 0 saturated heterocycles. The molecule has 0 N–H and O–H groups in total. The lowest BCUT2D eigenvalue weighted by atomic mass is 10.2. The minimum absolute atomic E-state index is 0.173. The second-order valence-corrected chi connectivity index (χ2v) is 6.16. The summed E-state index contributed by atoms with van der Waals surface area (Å²) < 4.78 is 12.9. The molecule has 3 heterocycles. The third kappa shape index (κ3) is 3.03. The zero-order chi connectivity index (χ0) is 14.8. The minimum Gasteiger partial charge on any atom is -0.469 e. The number of nitrogens with zero attached hydrogens (tertiary/aromatic N) is 2. The van der Waals surface area contributed by atoms with Crippen LogP contribution < -0.4 is 0 Å². The van der Waals surface area contributed by atoms with Gasteiger partial charge in [-0.1, -0.05) is 0 Å². The predicted octanol–water partition coefficient (Wildman–Crippen LogP) is 3.91. The van der Waals surface area contributed by atoms with E-state index in [2.05, 4.69) is 31.0 Å². The Bertz CT molecular complexity index is 774. The van der Waals surface area contributed by atoms with Crippen molar-refractivity contribution in [2.45, 2.75) is 19.3 Å². The highest BCUT2D eigenvalue weighted by Gasteiger charge is 2.12. The lowest BCUT2D eigenvalue weighted by Crippen LogP contribution is -2.01. The molecule has 0 unspecified atom stereocenters. The number of imidazole rings is 1. The standard InChI is InChI=1S/C14H13BrN2O3S/c1-19-13(18)4-2-3-9-8-21-14-16-10(7-17(9)14)11-5-6-12(15)20-11/h5-8H,2-4H2,1H3. The van der Waals surface area contributed by atoms with Crippen LogP contribution >= 0.6 is 27.3 Å². The molecule has 0 radical (unpaired) electrons. The van der Waals surface area contributed by atoms with Crippen molar-refractivity contribution in [3.05, 3.63) is 34.1 Å². The van der Waals surface area contributed by atoms with Gasteiger partial charge in [-0.15, -0.1) is 11.3 Å². The number of halogens is 1. The molecule has 0 bridgehead atoms. The molecule has 0 aliphatic heterocycles. The van der Waals surface area contributed by atoms with Crippen molar-refractivity contribution in [1.29, 1.82) is 0 Å². The van der Waals surface area contributed by atoms with E-state index in [4.69, 9.17) is 4.42 Å². The van der Waals surface area contributed by atoms with Gasteiger partial charge in [-0.05, 0) is 40.9 Å². The first kappa shape index (κ1) is 14.3. The quantitative estimate of drug-likeness (QED) is 0.640. The summed E-state index contributed by atoms with van der Waals surface area (Å²) in [6.07, 6.45) is 3.97. The van der Waals surface area contributed by atoms with Crippen molar-refractivity contribution in [2.24, 2.45) is 0 Å². The topological polar surface area (TPSA) is 56.7 Å². The van der Waals surface area contributed by atoms with Crippen LogP contribution in [-0.2, 0) is 16.0 Å². The molecule has 0 aliphatic carbocycles. The molecule has 3 aromatic heterocycles. The van der Waals surface area contributed by atoms with E-state index in [9.17, 15) is 4.79 Å². The number of carbonyl (C=O) groups excluding carboxylic acids is 1. The van der Waals surface area contributed by atoms with E-state index in [1.54, 1.807) is 11.3 Å². The second kappa shape index (κ2) is 6.03. The van der Waals surface area contributed by atoms with Crippen molar-refractivity contribution in [3.8, 4) is 11.5 Å². The summed E-state index contributed by atoms with van der Waals surface area (Å²) in [5.41, 5.74) is 1.95. The highest BCUT2D eigenvalue weighted by Crippen LogP contribution is 2.27. The van der Waals surface area contributed by atoms with Gasteiger partial charge in [0.05, 0.1) is 7.11 Å². The number of carbonyl (C=O) groups is 1. The van der Waals surface area contributed by atoms with Crippen LogP contribution in [0.2, 0.25) is 0 Å². The number of hydrogen-bond donors (Lipinski definition) is 0. The number of furan rings is 1. The highest BCUT2D eigenvalue weighted by molar-refractivity contribution is 9.10. The van der Waals surface area contributed by atoms with Gasteiger partial charge in [0.2, 0.25) is 0 Å². The predicted molar refractivity (Wildman–Crippen MR) is 83.4 cm³/mol. The van der Waals surface area contributed by atoms with Gasteiger partial charge in [-0.3, -0.25) is 9.20 Å². The fourth-order valence-corrected chi connectivity index (χ4v) is 3.31. The van der Waals surface area contributed by atoms with Crippen LogP contribution in [0.25, 0.3) is 16.4 Å². The number of esters is 1. The Balaban J connectivity index is 1.78. The van der Waals surface area contributed by atoms with Gasteiger partial charge in [-0.2, -0.15) is 0 Å². The third-order valence-corrected chi connectivity index (χ3v) is 4.47. The van der Waals surface area contributed by atoms with Crippen LogP contribution in [0.5, 0.6) is 0 Å². The normalized spacial score (nSPS) is 11.1. The smallest absolute Gasteiger partial charge is 0.305 e. The van der Waals surface area contributed by atoms with Gasteiger partial charge in [0, 0.05) is 23.7 Å². The molecular weight excluding hydrogens is 356 g/mol. The average Bonchev–Trinajstić information content (AvgIpc) is 3.14. The minimum atomic E-state index is -0.173. The number of fused-ring (bicyclic) bond motifs is 1. The molecule has 21 heavy (non-hydrogen) atoms. The lowest BCUT2D eigenvalue weighted by molar-refractivity contribution is -0.140. The van der Waals surface area contributed by atoms with Crippen molar-refractivity contribution in [3.63, 3.8) is 0 Å². The number of aromatic nitrogens is 2. The summed E-state index contributed by atoms with van der Waals surface area (Å²) in [6.45, 7) is 0. The molecule has 0 amide bonds. The van der Waals surface area contributed by atoms with Gasteiger partial charge in [0.25, 0.3) is 0 Å². The van der Waals surface area contributed by atoms with Gasteiger partial charge in [0.15, 0.2) is 15.4 Å². The molecule has 0 spiro atoms. The van der Waals surface area contributed by atoms with E-state index < -0.39 is 0 Å². The van der Waals surface area contributed by atoms with E-state index in [1.807, 2.05) is 22.7 Å². The number of hydrogen-bond acceptors (Lipinski definition) is 5. The Labute approximate surface area is 133 Å². The Hall–Kier alpha value is -1.60. The molecule has 7 heteroatoms. The molecule has 5 nitrogen and oxygen atoms in total. The van der Waals surface area contributed by atoms with Crippen LogP contribution in [0.1, 0.15) is 18.5 Å². The summed E-state index contributed by atoms with van der Waals surface area (Å²) in [5, 5.41) is 2.07. The molecule has 0 aliphatic rings. The Morgan fingerprint density at radius 3 is 3.10 bits per heavy atom. The largest absolute Gasteiger partial charge is 0.469 e. The first-order chi connectivity index (χ1) is 10.2. The van der Waals surface area contributed by atoms with Gasteiger partial charge in [0.1, 0.15) is 5.69 Å². The van der Waals surface area contributed by atoms with Crippen LogP contribution in [0.3, 0.4) is 0 Å². The van der Waals surface area contributed by atoms with E-state index in [0.717, 1.165) is 35.0 Å². The van der Waals surface area contributed by atoms with Crippen LogP contribution in [-0.4, -0.2) is 22.5 Å². The first-order valence-electron chi connectivity index (χ1n) is 6.45. The van der Waals surface area contributed by atoms with Crippen molar-refractivity contribution < 1.29 is 13.9 Å². The zero-order valence-electron chi connectivity index (χ0n) is 11.3. The molecule has 0 aromatic carbocycles. The number of methoxy groups -OCH3 is 1. The summed E-state index contributed by atoms with van der Waals surface area (Å²) in [7, 11) is 1.41. The van der Waals surface area contributed by atoms with Crippen LogP contribution in [0, 0.1) is 0 Å². The van der Waals surface area contributed by atoms with E-state index in [1.165, 1.54) is 7.11 Å². The number of aryl methyl sites for hydroxylation is 1. The molecule has 3 aromatic rings. The van der Waals surface area contributed by atoms with Gasteiger partial charge >= 0.3 is 5.97 Å². The lowest BCUT2D eigenvalue weighted by Gasteiger charge is -1.99. The number of thiazole rings is 1. The highest BCUT2D eigenvalue weighted by atomic mass is 79.9. The fourth-order valence-electron chi connectivity index (χ4n) is 2.10.